The van der Waals surface area contributed by atoms with Gasteiger partial charge in [0.1, 0.15) is 11.5 Å². The molecule has 1 amide bonds. The number of hydrogen-bond acceptors (Lipinski definition) is 4. The molecular formula is C21H26N2O4S. The first-order chi connectivity index (χ1) is 13.3. The van der Waals surface area contributed by atoms with Crippen molar-refractivity contribution in [3.63, 3.8) is 0 Å². The monoisotopic (exact) mass is 402 g/mol. The molecule has 0 saturated carbocycles. The summed E-state index contributed by atoms with van der Waals surface area (Å²) in [5.41, 5.74) is 0.836. The summed E-state index contributed by atoms with van der Waals surface area (Å²) in [6.07, 6.45) is 2.61. The number of furan rings is 1. The third-order valence-corrected chi connectivity index (χ3v) is 6.53. The lowest BCUT2D eigenvalue weighted by atomic mass is 9.97. The number of carbonyl (C=O) groups is 1. The summed E-state index contributed by atoms with van der Waals surface area (Å²) in [5.74, 6) is 1.27. The molecule has 1 unspecified atom stereocenters. The molecule has 150 valence electrons. The molecule has 3 rings (SSSR count). The standard InChI is InChI=1S/C21H26N2O4S/c1-16-8-9-20(27-16)17(2)22-21(24)19-10-13-23(14-11-19)28(25,26)15-12-18-6-4-3-5-7-18/h3-9,12,15,17,19H,10-11,13-14H2,1-2H3,(H,22,24)/b15-12+. The van der Waals surface area contributed by atoms with E-state index >= 15 is 0 Å². The molecule has 2 aromatic rings. The van der Waals surface area contributed by atoms with Gasteiger partial charge in [-0.15, -0.1) is 0 Å². The topological polar surface area (TPSA) is 79.6 Å². The van der Waals surface area contributed by atoms with E-state index in [9.17, 15) is 13.2 Å². The van der Waals surface area contributed by atoms with Gasteiger partial charge in [-0.05, 0) is 50.5 Å². The summed E-state index contributed by atoms with van der Waals surface area (Å²) in [5, 5.41) is 4.20. The van der Waals surface area contributed by atoms with Crippen molar-refractivity contribution in [1.82, 2.24) is 9.62 Å². The summed E-state index contributed by atoms with van der Waals surface area (Å²) in [7, 11) is -3.49. The average molecular weight is 403 g/mol. The minimum Gasteiger partial charge on any atom is -0.464 e. The van der Waals surface area contributed by atoms with Crippen LogP contribution in [0.4, 0.5) is 0 Å². The highest BCUT2D eigenvalue weighted by molar-refractivity contribution is 7.92. The Balaban J connectivity index is 1.53. The second-order valence-corrected chi connectivity index (χ2v) is 8.93. The molecule has 1 aliphatic rings. The van der Waals surface area contributed by atoms with Crippen LogP contribution in [0.1, 0.15) is 42.9 Å². The number of nitrogens with one attached hydrogen (secondary N) is 1. The van der Waals surface area contributed by atoms with Crippen LogP contribution in [0.3, 0.4) is 0 Å². The highest BCUT2D eigenvalue weighted by atomic mass is 32.2. The van der Waals surface area contributed by atoms with Gasteiger partial charge in [-0.3, -0.25) is 4.79 Å². The maximum absolute atomic E-state index is 12.5. The van der Waals surface area contributed by atoms with Crippen LogP contribution in [-0.4, -0.2) is 31.7 Å². The molecule has 1 aromatic heterocycles. The van der Waals surface area contributed by atoms with Gasteiger partial charge >= 0.3 is 0 Å². The molecule has 0 spiro atoms. The van der Waals surface area contributed by atoms with E-state index in [0.29, 0.717) is 25.9 Å². The SMILES string of the molecule is Cc1ccc(C(C)NC(=O)C2CCN(S(=O)(=O)/C=C/c3ccccc3)CC2)o1. The molecule has 6 nitrogen and oxygen atoms in total. The first kappa shape index (κ1) is 20.4. The zero-order chi connectivity index (χ0) is 20.1. The predicted octanol–water partition coefficient (Wildman–Crippen LogP) is 3.48. The minimum atomic E-state index is -3.49. The van der Waals surface area contributed by atoms with Crippen LogP contribution in [0.15, 0.2) is 52.3 Å². The highest BCUT2D eigenvalue weighted by Gasteiger charge is 2.30. The van der Waals surface area contributed by atoms with E-state index in [1.54, 1.807) is 6.08 Å². The first-order valence-corrected chi connectivity index (χ1v) is 11.0. The molecule has 0 aliphatic carbocycles. The summed E-state index contributed by atoms with van der Waals surface area (Å²) in [6, 6.07) is 12.8. The molecule has 7 heteroatoms. The fraction of sp³-hybridized carbons (Fsp3) is 0.381. The average Bonchev–Trinajstić information content (AvgIpc) is 3.14. The van der Waals surface area contributed by atoms with Gasteiger partial charge in [0, 0.05) is 24.4 Å². The molecule has 1 aromatic carbocycles. The Kier molecular flexibility index (Phi) is 6.36. The van der Waals surface area contributed by atoms with Crippen LogP contribution in [0, 0.1) is 12.8 Å². The fourth-order valence-corrected chi connectivity index (χ4v) is 4.50. The van der Waals surface area contributed by atoms with Crippen molar-refractivity contribution in [2.45, 2.75) is 32.7 Å². The summed E-state index contributed by atoms with van der Waals surface area (Å²) < 4.78 is 32.0. The van der Waals surface area contributed by atoms with Gasteiger partial charge in [0.25, 0.3) is 0 Å². The van der Waals surface area contributed by atoms with Crippen molar-refractivity contribution < 1.29 is 17.6 Å². The number of amides is 1. The van der Waals surface area contributed by atoms with Crippen molar-refractivity contribution >= 4 is 22.0 Å². The summed E-state index contributed by atoms with van der Waals surface area (Å²) in [6.45, 7) is 4.42. The van der Waals surface area contributed by atoms with E-state index in [1.807, 2.05) is 56.3 Å². The van der Waals surface area contributed by atoms with Crippen LogP contribution in [0.5, 0.6) is 0 Å². The van der Waals surface area contributed by atoms with Gasteiger partial charge in [0.05, 0.1) is 6.04 Å². The maximum atomic E-state index is 12.5. The Morgan fingerprint density at radius 2 is 1.86 bits per heavy atom. The van der Waals surface area contributed by atoms with E-state index in [1.165, 1.54) is 9.71 Å². The van der Waals surface area contributed by atoms with Crippen LogP contribution in [0.2, 0.25) is 0 Å². The Labute approximate surface area is 166 Å². The summed E-state index contributed by atoms with van der Waals surface area (Å²) in [4.78, 5) is 12.5. The van der Waals surface area contributed by atoms with Gasteiger partial charge in [-0.2, -0.15) is 4.31 Å². The molecule has 0 bridgehead atoms. The van der Waals surface area contributed by atoms with Gasteiger partial charge in [-0.25, -0.2) is 8.42 Å². The van der Waals surface area contributed by atoms with Crippen LogP contribution in [0.25, 0.3) is 6.08 Å². The largest absolute Gasteiger partial charge is 0.464 e. The molecule has 1 fully saturated rings. The summed E-state index contributed by atoms with van der Waals surface area (Å²) >= 11 is 0. The lowest BCUT2D eigenvalue weighted by molar-refractivity contribution is -0.126. The van der Waals surface area contributed by atoms with Gasteiger partial charge in [-0.1, -0.05) is 30.3 Å². The molecule has 0 radical (unpaired) electrons. The lowest BCUT2D eigenvalue weighted by Gasteiger charge is -2.30. The Morgan fingerprint density at radius 3 is 2.46 bits per heavy atom. The predicted molar refractivity (Wildman–Crippen MR) is 109 cm³/mol. The molecule has 2 heterocycles. The molecule has 1 atom stereocenters. The zero-order valence-electron chi connectivity index (χ0n) is 16.2. The number of sulfonamides is 1. The number of nitrogens with zero attached hydrogens (tertiary/aromatic N) is 1. The molecule has 1 N–H and O–H groups in total. The Morgan fingerprint density at radius 1 is 1.18 bits per heavy atom. The highest BCUT2D eigenvalue weighted by Crippen LogP contribution is 2.23. The van der Waals surface area contributed by atoms with Crippen molar-refractivity contribution in [2.75, 3.05) is 13.1 Å². The maximum Gasteiger partial charge on any atom is 0.236 e. The van der Waals surface area contributed by atoms with Gasteiger partial charge < -0.3 is 9.73 Å². The number of aryl methyl sites for hydroxylation is 1. The number of piperidine rings is 1. The van der Waals surface area contributed by atoms with Crippen molar-refractivity contribution in [1.29, 1.82) is 0 Å². The fourth-order valence-electron chi connectivity index (χ4n) is 3.28. The normalized spacial score (nSPS) is 17.6. The zero-order valence-corrected chi connectivity index (χ0v) is 17.0. The van der Waals surface area contributed by atoms with Crippen LogP contribution in [-0.2, 0) is 14.8 Å². The van der Waals surface area contributed by atoms with Gasteiger partial charge in [0.15, 0.2) is 0 Å². The van der Waals surface area contributed by atoms with E-state index in [2.05, 4.69) is 5.32 Å². The smallest absolute Gasteiger partial charge is 0.236 e. The van der Waals surface area contributed by atoms with Crippen LogP contribution >= 0.6 is 0 Å². The number of hydrogen-bond donors (Lipinski definition) is 1. The van der Waals surface area contributed by atoms with Crippen molar-refractivity contribution in [3.8, 4) is 0 Å². The van der Waals surface area contributed by atoms with Crippen molar-refractivity contribution in [2.24, 2.45) is 5.92 Å². The Hall–Kier alpha value is -2.38. The molecular weight excluding hydrogens is 376 g/mol. The van der Waals surface area contributed by atoms with Gasteiger partial charge in [0.2, 0.25) is 15.9 Å². The lowest BCUT2D eigenvalue weighted by Crippen LogP contribution is -2.42. The second-order valence-electron chi connectivity index (χ2n) is 7.11. The number of rotatable bonds is 6. The van der Waals surface area contributed by atoms with Crippen molar-refractivity contribution in [3.05, 3.63) is 65.0 Å². The first-order valence-electron chi connectivity index (χ1n) is 9.45. The molecule has 1 saturated heterocycles. The van der Waals surface area contributed by atoms with E-state index < -0.39 is 10.0 Å². The quantitative estimate of drug-likeness (QED) is 0.802. The van der Waals surface area contributed by atoms with E-state index in [-0.39, 0.29) is 17.9 Å². The Bertz CT molecular complexity index is 926. The minimum absolute atomic E-state index is 0.0570. The second kappa shape index (κ2) is 8.75. The number of benzene rings is 1. The number of carbonyl (C=O) groups excluding carboxylic acids is 1. The third kappa shape index (κ3) is 5.11. The van der Waals surface area contributed by atoms with E-state index in [4.69, 9.17) is 4.42 Å². The third-order valence-electron chi connectivity index (χ3n) is 4.96. The van der Waals surface area contributed by atoms with E-state index in [0.717, 1.165) is 17.1 Å². The van der Waals surface area contributed by atoms with Crippen LogP contribution < -0.4 is 5.32 Å². The molecule has 1 aliphatic heterocycles. The molecule has 28 heavy (non-hydrogen) atoms.